The Morgan fingerprint density at radius 1 is 1.35 bits per heavy atom. The van der Waals surface area contributed by atoms with E-state index in [1.165, 1.54) is 4.88 Å². The Labute approximate surface area is 114 Å². The molecular formula is C13H15BrN2S. The minimum atomic E-state index is 0.386. The molecule has 0 radical (unpaired) electrons. The fraction of sp³-hybridized carbons (Fsp3) is 0.308. The highest BCUT2D eigenvalue weighted by Gasteiger charge is 2.13. The zero-order valence-electron chi connectivity index (χ0n) is 9.90. The molecule has 0 fully saturated rings. The molecule has 0 aliphatic carbocycles. The molecular weight excluding hydrogens is 296 g/mol. The quantitative estimate of drug-likeness (QED) is 0.932. The number of hydrogen-bond donors (Lipinski definition) is 1. The van der Waals surface area contributed by atoms with Crippen LogP contribution in [0.2, 0.25) is 0 Å². The van der Waals surface area contributed by atoms with E-state index in [0.717, 1.165) is 20.7 Å². The SMILES string of the molecule is Cc1nc(-c2ccc(Br)cc2)sc1C(C)CN. The van der Waals surface area contributed by atoms with E-state index in [0.29, 0.717) is 12.5 Å². The van der Waals surface area contributed by atoms with Crippen LogP contribution in [0.5, 0.6) is 0 Å². The summed E-state index contributed by atoms with van der Waals surface area (Å²) in [5.74, 6) is 0.386. The van der Waals surface area contributed by atoms with Crippen molar-refractivity contribution in [1.29, 1.82) is 0 Å². The molecule has 1 aromatic carbocycles. The van der Waals surface area contributed by atoms with Gasteiger partial charge in [-0.15, -0.1) is 11.3 Å². The third-order valence-electron chi connectivity index (χ3n) is 2.72. The Morgan fingerprint density at radius 3 is 2.59 bits per heavy atom. The number of hydrogen-bond acceptors (Lipinski definition) is 3. The lowest BCUT2D eigenvalue weighted by Crippen LogP contribution is -2.08. The number of thiazole rings is 1. The van der Waals surface area contributed by atoms with E-state index in [-0.39, 0.29) is 0 Å². The van der Waals surface area contributed by atoms with Crippen LogP contribution in [0.3, 0.4) is 0 Å². The van der Waals surface area contributed by atoms with Gasteiger partial charge in [-0.25, -0.2) is 4.98 Å². The average Bonchev–Trinajstić information content (AvgIpc) is 2.71. The van der Waals surface area contributed by atoms with Crippen molar-refractivity contribution in [2.75, 3.05) is 6.54 Å². The summed E-state index contributed by atoms with van der Waals surface area (Å²) in [4.78, 5) is 5.92. The average molecular weight is 311 g/mol. The molecule has 2 nitrogen and oxygen atoms in total. The van der Waals surface area contributed by atoms with Crippen LogP contribution in [-0.4, -0.2) is 11.5 Å². The number of nitrogens with zero attached hydrogens (tertiary/aromatic N) is 1. The number of halogens is 1. The van der Waals surface area contributed by atoms with Crippen LogP contribution in [0.4, 0.5) is 0 Å². The smallest absolute Gasteiger partial charge is 0.123 e. The molecule has 17 heavy (non-hydrogen) atoms. The number of benzene rings is 1. The van der Waals surface area contributed by atoms with E-state index in [9.17, 15) is 0 Å². The summed E-state index contributed by atoms with van der Waals surface area (Å²) in [5, 5.41) is 1.07. The van der Waals surface area contributed by atoms with Gasteiger partial charge in [0, 0.05) is 20.8 Å². The fourth-order valence-corrected chi connectivity index (χ4v) is 3.09. The van der Waals surface area contributed by atoms with Gasteiger partial charge in [0.05, 0.1) is 5.69 Å². The van der Waals surface area contributed by atoms with Gasteiger partial charge in [-0.05, 0) is 25.6 Å². The van der Waals surface area contributed by atoms with Gasteiger partial charge >= 0.3 is 0 Å². The third kappa shape index (κ3) is 2.76. The third-order valence-corrected chi connectivity index (χ3v) is 4.69. The van der Waals surface area contributed by atoms with Gasteiger partial charge < -0.3 is 5.73 Å². The van der Waals surface area contributed by atoms with Gasteiger partial charge in [-0.1, -0.05) is 35.0 Å². The fourth-order valence-electron chi connectivity index (χ4n) is 1.69. The molecule has 2 rings (SSSR count). The van der Waals surface area contributed by atoms with E-state index in [1.807, 2.05) is 12.1 Å². The Morgan fingerprint density at radius 2 is 2.00 bits per heavy atom. The highest BCUT2D eigenvalue weighted by atomic mass is 79.9. The van der Waals surface area contributed by atoms with Crippen LogP contribution < -0.4 is 5.73 Å². The highest BCUT2D eigenvalue weighted by Crippen LogP contribution is 2.32. The van der Waals surface area contributed by atoms with Crippen LogP contribution in [0.15, 0.2) is 28.7 Å². The van der Waals surface area contributed by atoms with E-state index < -0.39 is 0 Å². The molecule has 2 N–H and O–H groups in total. The predicted molar refractivity (Wildman–Crippen MR) is 77.5 cm³/mol. The largest absolute Gasteiger partial charge is 0.330 e. The maximum Gasteiger partial charge on any atom is 0.123 e. The van der Waals surface area contributed by atoms with Gasteiger partial charge in [0.2, 0.25) is 0 Å². The standard InChI is InChI=1S/C13H15BrN2S/c1-8(7-15)12-9(2)16-13(17-12)10-3-5-11(14)6-4-10/h3-6,8H,7,15H2,1-2H3. The molecule has 0 saturated heterocycles. The van der Waals surface area contributed by atoms with E-state index in [4.69, 9.17) is 5.73 Å². The Kier molecular flexibility index (Phi) is 3.97. The molecule has 0 saturated carbocycles. The molecule has 0 bridgehead atoms. The van der Waals surface area contributed by atoms with Gasteiger partial charge in [-0.3, -0.25) is 0 Å². The minimum Gasteiger partial charge on any atom is -0.330 e. The maximum absolute atomic E-state index is 5.71. The van der Waals surface area contributed by atoms with Crippen LogP contribution in [0, 0.1) is 6.92 Å². The van der Waals surface area contributed by atoms with Crippen molar-refractivity contribution in [2.24, 2.45) is 5.73 Å². The molecule has 90 valence electrons. The zero-order valence-corrected chi connectivity index (χ0v) is 12.3. The van der Waals surface area contributed by atoms with Gasteiger partial charge in [0.15, 0.2) is 0 Å². The lowest BCUT2D eigenvalue weighted by atomic mass is 10.1. The van der Waals surface area contributed by atoms with Crippen LogP contribution in [0.1, 0.15) is 23.4 Å². The van der Waals surface area contributed by atoms with Crippen LogP contribution in [-0.2, 0) is 0 Å². The summed E-state index contributed by atoms with van der Waals surface area (Å²) in [7, 11) is 0. The van der Waals surface area contributed by atoms with Crippen molar-refractivity contribution >= 4 is 27.3 Å². The summed E-state index contributed by atoms with van der Waals surface area (Å²) in [6.07, 6.45) is 0. The van der Waals surface area contributed by atoms with Gasteiger partial charge in [0.1, 0.15) is 5.01 Å². The van der Waals surface area contributed by atoms with Crippen molar-refractivity contribution in [3.05, 3.63) is 39.3 Å². The van der Waals surface area contributed by atoms with Gasteiger partial charge in [0.25, 0.3) is 0 Å². The molecule has 2 aromatic rings. The van der Waals surface area contributed by atoms with E-state index in [1.54, 1.807) is 11.3 Å². The second kappa shape index (κ2) is 5.29. The summed E-state index contributed by atoms with van der Waals surface area (Å²) in [5.41, 5.74) is 7.98. The maximum atomic E-state index is 5.71. The number of nitrogens with two attached hydrogens (primary N) is 1. The summed E-state index contributed by atoms with van der Waals surface area (Å²) >= 11 is 5.18. The molecule has 0 spiro atoms. The normalized spacial score (nSPS) is 12.7. The lowest BCUT2D eigenvalue weighted by Gasteiger charge is -2.04. The summed E-state index contributed by atoms with van der Waals surface area (Å²) in [6, 6.07) is 8.24. The molecule has 1 unspecified atom stereocenters. The molecule has 0 amide bonds. The van der Waals surface area contributed by atoms with Crippen molar-refractivity contribution < 1.29 is 0 Å². The first-order valence-corrected chi connectivity index (χ1v) is 7.16. The van der Waals surface area contributed by atoms with Crippen LogP contribution >= 0.6 is 27.3 Å². The lowest BCUT2D eigenvalue weighted by molar-refractivity contribution is 0.780. The minimum absolute atomic E-state index is 0.386. The Balaban J connectivity index is 2.37. The molecule has 1 atom stereocenters. The number of rotatable bonds is 3. The second-order valence-corrected chi connectivity index (χ2v) is 6.06. The van der Waals surface area contributed by atoms with E-state index >= 15 is 0 Å². The molecule has 0 aliphatic heterocycles. The van der Waals surface area contributed by atoms with E-state index in [2.05, 4.69) is 46.9 Å². The van der Waals surface area contributed by atoms with Crippen LogP contribution in [0.25, 0.3) is 10.6 Å². The molecule has 4 heteroatoms. The summed E-state index contributed by atoms with van der Waals surface area (Å²) < 4.78 is 1.09. The van der Waals surface area contributed by atoms with Crippen molar-refractivity contribution in [2.45, 2.75) is 19.8 Å². The Bertz CT molecular complexity index is 505. The number of aryl methyl sites for hydroxylation is 1. The zero-order chi connectivity index (χ0) is 12.4. The highest BCUT2D eigenvalue weighted by molar-refractivity contribution is 9.10. The summed E-state index contributed by atoms with van der Waals surface area (Å²) in [6.45, 7) is 4.87. The monoisotopic (exact) mass is 310 g/mol. The molecule has 1 heterocycles. The topological polar surface area (TPSA) is 38.9 Å². The molecule has 0 aliphatic rings. The number of aromatic nitrogens is 1. The van der Waals surface area contributed by atoms with Gasteiger partial charge in [-0.2, -0.15) is 0 Å². The second-order valence-electron chi connectivity index (χ2n) is 4.11. The Hall–Kier alpha value is -0.710. The predicted octanol–water partition coefficient (Wildman–Crippen LogP) is 3.94. The first-order chi connectivity index (χ1) is 8.11. The van der Waals surface area contributed by atoms with Crippen molar-refractivity contribution in [3.8, 4) is 10.6 Å². The van der Waals surface area contributed by atoms with Crippen molar-refractivity contribution in [3.63, 3.8) is 0 Å². The van der Waals surface area contributed by atoms with Crippen molar-refractivity contribution in [1.82, 2.24) is 4.98 Å². The first-order valence-electron chi connectivity index (χ1n) is 5.55. The first kappa shape index (κ1) is 12.7. The molecule has 1 aromatic heterocycles.